The summed E-state index contributed by atoms with van der Waals surface area (Å²) < 4.78 is 0. The fourth-order valence-corrected chi connectivity index (χ4v) is 2.64. The lowest BCUT2D eigenvalue weighted by Crippen LogP contribution is -2.34. The fourth-order valence-electron chi connectivity index (χ4n) is 2.64. The van der Waals surface area contributed by atoms with Gasteiger partial charge in [0.1, 0.15) is 0 Å². The predicted molar refractivity (Wildman–Crippen MR) is 65.2 cm³/mol. The molecule has 0 aromatic heterocycles. The van der Waals surface area contributed by atoms with Crippen molar-refractivity contribution >= 4 is 11.8 Å². The van der Waals surface area contributed by atoms with Crippen molar-refractivity contribution in [1.29, 1.82) is 0 Å². The number of carbonyl (C=O) groups excluding carboxylic acids is 2. The number of carbonyl (C=O) groups is 2. The van der Waals surface area contributed by atoms with E-state index in [-0.39, 0.29) is 17.7 Å². The van der Waals surface area contributed by atoms with Gasteiger partial charge >= 0.3 is 0 Å². The summed E-state index contributed by atoms with van der Waals surface area (Å²) in [4.78, 5) is 25.3. The molecule has 0 spiro atoms. The third-order valence-corrected chi connectivity index (χ3v) is 3.71. The summed E-state index contributed by atoms with van der Waals surface area (Å²) in [6.07, 6.45) is 7.44. The average Bonchev–Trinajstić information content (AvgIpc) is 2.98. The minimum atomic E-state index is 0.0758. The van der Waals surface area contributed by atoms with Crippen LogP contribution in [0.2, 0.25) is 0 Å². The highest BCUT2D eigenvalue weighted by Gasteiger charge is 2.31. The molecule has 2 rings (SSSR count). The van der Waals surface area contributed by atoms with Crippen LogP contribution in [0.1, 0.15) is 25.7 Å². The number of allylic oxidation sites excluding steroid dienone is 2. The van der Waals surface area contributed by atoms with E-state index in [1.54, 1.807) is 7.05 Å². The number of amides is 2. The smallest absolute Gasteiger partial charge is 0.226 e. The predicted octanol–water partition coefficient (Wildman–Crippen LogP) is 0.937. The topological polar surface area (TPSA) is 49.4 Å². The quantitative estimate of drug-likeness (QED) is 0.741. The highest BCUT2D eigenvalue weighted by molar-refractivity contribution is 5.80. The van der Waals surface area contributed by atoms with Crippen molar-refractivity contribution in [2.75, 3.05) is 20.1 Å². The maximum atomic E-state index is 12.1. The molecule has 1 aliphatic heterocycles. The summed E-state index contributed by atoms with van der Waals surface area (Å²) in [5.41, 5.74) is 0. The van der Waals surface area contributed by atoms with Gasteiger partial charge in [0.2, 0.25) is 11.8 Å². The first-order chi connectivity index (χ1) is 8.20. The number of rotatable bonds is 3. The third kappa shape index (κ3) is 2.87. The molecule has 1 unspecified atom stereocenters. The molecule has 1 N–H and O–H groups in total. The van der Waals surface area contributed by atoms with E-state index in [0.29, 0.717) is 12.3 Å². The zero-order chi connectivity index (χ0) is 12.3. The van der Waals surface area contributed by atoms with E-state index in [1.165, 1.54) is 0 Å². The Morgan fingerprint density at radius 1 is 1.35 bits per heavy atom. The van der Waals surface area contributed by atoms with E-state index < -0.39 is 0 Å². The Morgan fingerprint density at radius 2 is 2.06 bits per heavy atom. The molecule has 94 valence electrons. The summed E-state index contributed by atoms with van der Waals surface area (Å²) >= 11 is 0. The van der Waals surface area contributed by atoms with Gasteiger partial charge in [-0.15, -0.1) is 0 Å². The van der Waals surface area contributed by atoms with E-state index in [9.17, 15) is 9.59 Å². The van der Waals surface area contributed by atoms with Crippen molar-refractivity contribution in [3.8, 4) is 0 Å². The number of likely N-dealkylation sites (tertiary alicyclic amines) is 1. The van der Waals surface area contributed by atoms with E-state index in [0.717, 1.165) is 32.4 Å². The van der Waals surface area contributed by atoms with Gasteiger partial charge < -0.3 is 10.2 Å². The van der Waals surface area contributed by atoms with E-state index in [4.69, 9.17) is 0 Å². The Kier molecular flexibility index (Phi) is 3.82. The molecule has 4 nitrogen and oxygen atoms in total. The molecule has 0 saturated carbocycles. The zero-order valence-electron chi connectivity index (χ0n) is 10.3. The van der Waals surface area contributed by atoms with Crippen molar-refractivity contribution in [3.63, 3.8) is 0 Å². The third-order valence-electron chi connectivity index (χ3n) is 3.71. The SMILES string of the molecule is CNC(=O)CC1CCN(C(=O)C2CC=CC2)C1. The van der Waals surface area contributed by atoms with Gasteiger partial charge in [0.05, 0.1) is 0 Å². The molecule has 2 amide bonds. The molecule has 1 aliphatic carbocycles. The monoisotopic (exact) mass is 236 g/mol. The highest BCUT2D eigenvalue weighted by Crippen LogP contribution is 2.25. The van der Waals surface area contributed by atoms with Crippen LogP contribution in [-0.4, -0.2) is 36.9 Å². The molecule has 1 heterocycles. The molecule has 4 heteroatoms. The molecule has 0 aromatic rings. The van der Waals surface area contributed by atoms with Crippen LogP contribution in [0.3, 0.4) is 0 Å². The van der Waals surface area contributed by atoms with Gasteiger partial charge in [-0.25, -0.2) is 0 Å². The van der Waals surface area contributed by atoms with Crippen molar-refractivity contribution < 1.29 is 9.59 Å². The molecule has 1 atom stereocenters. The number of hydrogen-bond acceptors (Lipinski definition) is 2. The number of nitrogens with zero attached hydrogens (tertiary/aromatic N) is 1. The molecular formula is C13H20N2O2. The van der Waals surface area contributed by atoms with Crippen LogP contribution < -0.4 is 5.32 Å². The molecule has 2 aliphatic rings. The number of nitrogens with one attached hydrogen (secondary N) is 1. The molecule has 1 fully saturated rings. The van der Waals surface area contributed by atoms with Gasteiger partial charge in [0.15, 0.2) is 0 Å². The van der Waals surface area contributed by atoms with Gasteiger partial charge in [0, 0.05) is 32.5 Å². The van der Waals surface area contributed by atoms with Crippen molar-refractivity contribution in [1.82, 2.24) is 10.2 Å². The second-order valence-corrected chi connectivity index (χ2v) is 4.96. The van der Waals surface area contributed by atoms with E-state index in [1.807, 2.05) is 4.90 Å². The first-order valence-electron chi connectivity index (χ1n) is 6.35. The first kappa shape index (κ1) is 12.1. The van der Waals surface area contributed by atoms with Crippen LogP contribution in [0.4, 0.5) is 0 Å². The maximum Gasteiger partial charge on any atom is 0.226 e. The Labute approximate surface area is 102 Å². The largest absolute Gasteiger partial charge is 0.359 e. The van der Waals surface area contributed by atoms with Crippen molar-refractivity contribution in [3.05, 3.63) is 12.2 Å². The first-order valence-corrected chi connectivity index (χ1v) is 6.35. The molecule has 0 radical (unpaired) electrons. The van der Waals surface area contributed by atoms with Crippen LogP contribution in [0.5, 0.6) is 0 Å². The normalized spacial score (nSPS) is 24.3. The summed E-state index contributed by atoms with van der Waals surface area (Å²) in [6, 6.07) is 0. The molecule has 17 heavy (non-hydrogen) atoms. The highest BCUT2D eigenvalue weighted by atomic mass is 16.2. The molecule has 0 bridgehead atoms. The van der Waals surface area contributed by atoms with E-state index in [2.05, 4.69) is 17.5 Å². The summed E-state index contributed by atoms with van der Waals surface area (Å²) in [5.74, 6) is 0.850. The lowest BCUT2D eigenvalue weighted by atomic mass is 10.0. The van der Waals surface area contributed by atoms with Crippen molar-refractivity contribution in [2.24, 2.45) is 11.8 Å². The minimum absolute atomic E-state index is 0.0758. The lowest BCUT2D eigenvalue weighted by molar-refractivity contribution is -0.134. The van der Waals surface area contributed by atoms with Crippen LogP contribution in [0, 0.1) is 11.8 Å². The van der Waals surface area contributed by atoms with Gasteiger partial charge in [-0.1, -0.05) is 12.2 Å². The van der Waals surface area contributed by atoms with Crippen LogP contribution in [-0.2, 0) is 9.59 Å². The van der Waals surface area contributed by atoms with Crippen LogP contribution >= 0.6 is 0 Å². The summed E-state index contributed by atoms with van der Waals surface area (Å²) in [7, 11) is 1.66. The van der Waals surface area contributed by atoms with Gasteiger partial charge in [0.25, 0.3) is 0 Å². The zero-order valence-corrected chi connectivity index (χ0v) is 10.3. The fraction of sp³-hybridized carbons (Fsp3) is 0.692. The molecular weight excluding hydrogens is 216 g/mol. The van der Waals surface area contributed by atoms with Gasteiger partial charge in [-0.2, -0.15) is 0 Å². The Bertz CT molecular complexity index is 330. The van der Waals surface area contributed by atoms with Crippen LogP contribution in [0.25, 0.3) is 0 Å². The Balaban J connectivity index is 1.81. The second kappa shape index (κ2) is 5.34. The van der Waals surface area contributed by atoms with Crippen molar-refractivity contribution in [2.45, 2.75) is 25.7 Å². The lowest BCUT2D eigenvalue weighted by Gasteiger charge is -2.20. The van der Waals surface area contributed by atoms with Gasteiger partial charge in [-0.3, -0.25) is 9.59 Å². The van der Waals surface area contributed by atoms with Gasteiger partial charge in [-0.05, 0) is 25.2 Å². The molecule has 1 saturated heterocycles. The minimum Gasteiger partial charge on any atom is -0.359 e. The maximum absolute atomic E-state index is 12.1. The number of hydrogen-bond donors (Lipinski definition) is 1. The average molecular weight is 236 g/mol. The standard InChI is InChI=1S/C13H20N2O2/c1-14-12(16)8-10-6-7-15(9-10)13(17)11-4-2-3-5-11/h2-3,10-11H,4-9H2,1H3,(H,14,16). The summed E-state index contributed by atoms with van der Waals surface area (Å²) in [6.45, 7) is 1.57. The molecule has 0 aromatic carbocycles. The summed E-state index contributed by atoms with van der Waals surface area (Å²) in [5, 5.41) is 2.64. The second-order valence-electron chi connectivity index (χ2n) is 4.96. The Morgan fingerprint density at radius 3 is 2.71 bits per heavy atom. The Hall–Kier alpha value is -1.32. The van der Waals surface area contributed by atoms with E-state index >= 15 is 0 Å². The van der Waals surface area contributed by atoms with Crippen LogP contribution in [0.15, 0.2) is 12.2 Å².